The average Bonchev–Trinajstić information content (AvgIpc) is 3.00. The summed E-state index contributed by atoms with van der Waals surface area (Å²) in [4.78, 5) is 10.1. The Morgan fingerprint density at radius 1 is 1.15 bits per heavy atom. The Morgan fingerprint density at radius 2 is 2.00 bits per heavy atom. The topological polar surface area (TPSA) is 37.8 Å². The lowest BCUT2D eigenvalue weighted by Crippen LogP contribution is -1.89. The Labute approximate surface area is 132 Å². The normalized spacial score (nSPS) is 10.1. The molecule has 0 unspecified atom stereocenters. The lowest BCUT2D eigenvalue weighted by Gasteiger charge is -2.00. The maximum absolute atomic E-state index is 4.64. The van der Waals surface area contributed by atoms with E-state index in [-0.39, 0.29) is 12.4 Å². The molecule has 1 N–H and O–H groups in total. The zero-order chi connectivity index (χ0) is 13.2. The summed E-state index contributed by atoms with van der Waals surface area (Å²) < 4.78 is 0. The van der Waals surface area contributed by atoms with E-state index in [0.29, 0.717) is 0 Å². The van der Waals surface area contributed by atoms with Gasteiger partial charge in [-0.2, -0.15) is 0 Å². The van der Waals surface area contributed by atoms with Crippen molar-refractivity contribution in [2.75, 3.05) is 5.32 Å². The summed E-state index contributed by atoms with van der Waals surface area (Å²) >= 11 is 3.39. The van der Waals surface area contributed by atoms with E-state index < -0.39 is 0 Å². The van der Waals surface area contributed by atoms with Crippen molar-refractivity contribution in [1.82, 2.24) is 9.97 Å². The number of halogens is 1. The van der Waals surface area contributed by atoms with E-state index in [1.165, 1.54) is 16.0 Å². The number of aromatic nitrogens is 2. The van der Waals surface area contributed by atoms with Gasteiger partial charge in [-0.15, -0.1) is 35.1 Å². The van der Waals surface area contributed by atoms with Crippen LogP contribution in [0.4, 0.5) is 10.8 Å². The molecule has 0 atom stereocenters. The van der Waals surface area contributed by atoms with Crippen molar-refractivity contribution in [2.45, 2.75) is 13.8 Å². The van der Waals surface area contributed by atoms with Crippen LogP contribution in [0.5, 0.6) is 0 Å². The summed E-state index contributed by atoms with van der Waals surface area (Å²) in [6.07, 6.45) is 3.55. The van der Waals surface area contributed by atoms with E-state index in [9.17, 15) is 0 Å². The highest BCUT2D eigenvalue weighted by Crippen LogP contribution is 2.33. The van der Waals surface area contributed by atoms with Crippen molar-refractivity contribution in [3.8, 4) is 11.3 Å². The first kappa shape index (κ1) is 15.0. The van der Waals surface area contributed by atoms with E-state index in [0.717, 1.165) is 16.5 Å². The minimum Gasteiger partial charge on any atom is -0.330 e. The number of aryl methyl sites for hydroxylation is 1. The van der Waals surface area contributed by atoms with Crippen LogP contribution >= 0.6 is 35.1 Å². The number of nitrogens with one attached hydrogen (secondary N) is 1. The summed E-state index contributed by atoms with van der Waals surface area (Å²) in [6.45, 7) is 4.29. The second kappa shape index (κ2) is 6.35. The molecular weight excluding hydrogens is 310 g/mol. The van der Waals surface area contributed by atoms with Crippen molar-refractivity contribution in [1.29, 1.82) is 0 Å². The van der Waals surface area contributed by atoms with Gasteiger partial charge >= 0.3 is 0 Å². The van der Waals surface area contributed by atoms with Gasteiger partial charge in [0.2, 0.25) is 0 Å². The molecule has 0 saturated carbocycles. The van der Waals surface area contributed by atoms with Crippen molar-refractivity contribution in [3.05, 3.63) is 45.7 Å². The van der Waals surface area contributed by atoms with Crippen LogP contribution in [0.15, 0.2) is 35.3 Å². The van der Waals surface area contributed by atoms with Crippen LogP contribution in [0.2, 0.25) is 0 Å². The predicted molar refractivity (Wildman–Crippen MR) is 89.7 cm³/mol. The van der Waals surface area contributed by atoms with Gasteiger partial charge < -0.3 is 5.32 Å². The number of anilines is 2. The molecule has 6 heteroatoms. The van der Waals surface area contributed by atoms with Crippen LogP contribution in [-0.2, 0) is 0 Å². The van der Waals surface area contributed by atoms with Crippen molar-refractivity contribution >= 4 is 45.9 Å². The van der Waals surface area contributed by atoms with Crippen LogP contribution in [0.1, 0.15) is 10.4 Å². The SMILES string of the molecule is Cc1scc(-c2csc(Nc3cccnc3)n2)c1C.Cl. The van der Waals surface area contributed by atoms with E-state index >= 15 is 0 Å². The largest absolute Gasteiger partial charge is 0.330 e. The molecule has 0 bridgehead atoms. The Hall–Kier alpha value is -1.43. The number of rotatable bonds is 3. The summed E-state index contributed by atoms with van der Waals surface area (Å²) in [5.74, 6) is 0. The molecule has 0 saturated heterocycles. The van der Waals surface area contributed by atoms with Gasteiger partial charge in [0.05, 0.1) is 17.6 Å². The fraction of sp³-hybridized carbons (Fsp3) is 0.143. The van der Waals surface area contributed by atoms with Gasteiger partial charge in [0.15, 0.2) is 5.13 Å². The van der Waals surface area contributed by atoms with Gasteiger partial charge in [0.1, 0.15) is 0 Å². The second-order valence-corrected chi connectivity index (χ2v) is 6.18. The standard InChI is InChI=1S/C14H13N3S2.ClH/c1-9-10(2)18-7-12(9)13-8-19-14(17-13)16-11-4-3-5-15-6-11;/h3-8H,1-2H3,(H,16,17);1H. The highest BCUT2D eigenvalue weighted by Gasteiger charge is 2.10. The lowest BCUT2D eigenvalue weighted by atomic mass is 10.1. The molecule has 3 nitrogen and oxygen atoms in total. The summed E-state index contributed by atoms with van der Waals surface area (Å²) in [7, 11) is 0. The zero-order valence-corrected chi connectivity index (χ0v) is 13.5. The monoisotopic (exact) mass is 323 g/mol. The number of thiophene rings is 1. The molecule has 104 valence electrons. The van der Waals surface area contributed by atoms with Crippen molar-refractivity contribution in [3.63, 3.8) is 0 Å². The maximum atomic E-state index is 4.64. The summed E-state index contributed by atoms with van der Waals surface area (Å²) in [6, 6.07) is 3.89. The average molecular weight is 324 g/mol. The first-order chi connectivity index (χ1) is 9.24. The Morgan fingerprint density at radius 3 is 2.65 bits per heavy atom. The molecule has 0 aliphatic heterocycles. The van der Waals surface area contributed by atoms with Gasteiger partial charge in [-0.1, -0.05) is 0 Å². The first-order valence-corrected chi connectivity index (χ1v) is 7.67. The number of pyridine rings is 1. The van der Waals surface area contributed by atoms with Gasteiger partial charge in [-0.3, -0.25) is 4.98 Å². The van der Waals surface area contributed by atoms with Crippen LogP contribution in [-0.4, -0.2) is 9.97 Å². The fourth-order valence-corrected chi connectivity index (χ4v) is 3.39. The molecule has 0 fully saturated rings. The third-order valence-electron chi connectivity index (χ3n) is 2.98. The number of thiazole rings is 1. The number of nitrogens with zero attached hydrogens (tertiary/aromatic N) is 2. The predicted octanol–water partition coefficient (Wildman–Crippen LogP) is 5.05. The van der Waals surface area contributed by atoms with Crippen LogP contribution in [0.3, 0.4) is 0 Å². The Bertz CT molecular complexity index is 692. The van der Waals surface area contributed by atoms with E-state index in [1.807, 2.05) is 12.1 Å². The molecule has 20 heavy (non-hydrogen) atoms. The molecule has 0 spiro atoms. The molecule has 0 aromatic carbocycles. The Balaban J connectivity index is 0.00000147. The first-order valence-electron chi connectivity index (χ1n) is 5.91. The van der Waals surface area contributed by atoms with Crippen LogP contribution < -0.4 is 5.32 Å². The van der Waals surface area contributed by atoms with Gasteiger partial charge in [-0.25, -0.2) is 4.98 Å². The summed E-state index contributed by atoms with van der Waals surface area (Å²) in [5, 5.41) is 8.43. The van der Waals surface area contributed by atoms with E-state index in [1.54, 1.807) is 35.1 Å². The molecule has 3 heterocycles. The maximum Gasteiger partial charge on any atom is 0.187 e. The van der Waals surface area contributed by atoms with E-state index in [2.05, 4.69) is 39.9 Å². The third kappa shape index (κ3) is 3.00. The highest BCUT2D eigenvalue weighted by atomic mass is 35.5. The molecular formula is C14H14ClN3S2. The smallest absolute Gasteiger partial charge is 0.187 e. The molecule has 3 aromatic heterocycles. The number of hydrogen-bond donors (Lipinski definition) is 1. The second-order valence-electron chi connectivity index (χ2n) is 4.24. The van der Waals surface area contributed by atoms with Crippen LogP contribution in [0.25, 0.3) is 11.3 Å². The van der Waals surface area contributed by atoms with Gasteiger partial charge in [0, 0.05) is 27.4 Å². The molecule has 0 radical (unpaired) electrons. The van der Waals surface area contributed by atoms with Crippen molar-refractivity contribution in [2.24, 2.45) is 0 Å². The molecule has 0 aliphatic rings. The Kier molecular flexibility index (Phi) is 4.75. The van der Waals surface area contributed by atoms with Crippen LogP contribution in [0, 0.1) is 13.8 Å². The van der Waals surface area contributed by atoms with Gasteiger partial charge in [-0.05, 0) is 31.5 Å². The third-order valence-corrected chi connectivity index (χ3v) is 4.75. The summed E-state index contributed by atoms with van der Waals surface area (Å²) in [5.41, 5.74) is 4.56. The van der Waals surface area contributed by atoms with E-state index in [4.69, 9.17) is 0 Å². The molecule has 0 aliphatic carbocycles. The highest BCUT2D eigenvalue weighted by molar-refractivity contribution is 7.14. The quantitative estimate of drug-likeness (QED) is 0.733. The lowest BCUT2D eigenvalue weighted by molar-refractivity contribution is 1.31. The van der Waals surface area contributed by atoms with Gasteiger partial charge in [0.25, 0.3) is 0 Å². The van der Waals surface area contributed by atoms with Crippen molar-refractivity contribution < 1.29 is 0 Å². The number of hydrogen-bond acceptors (Lipinski definition) is 5. The minimum absolute atomic E-state index is 0. The minimum atomic E-state index is 0. The molecule has 3 rings (SSSR count). The fourth-order valence-electron chi connectivity index (χ4n) is 1.78. The zero-order valence-electron chi connectivity index (χ0n) is 11.1. The molecule has 3 aromatic rings. The molecule has 0 amide bonds.